The van der Waals surface area contributed by atoms with E-state index in [0.717, 1.165) is 30.4 Å². The second-order valence-electron chi connectivity index (χ2n) is 10.5. The van der Waals surface area contributed by atoms with E-state index in [1.807, 2.05) is 0 Å². The van der Waals surface area contributed by atoms with Gasteiger partial charge in [0.05, 0.1) is 6.10 Å². The Kier molecular flexibility index (Phi) is 6.06. The average molecular weight is 431 g/mol. The molecule has 172 valence electrons. The zero-order valence-corrected chi connectivity index (χ0v) is 19.2. The van der Waals surface area contributed by atoms with Crippen LogP contribution in [0, 0.1) is 29.1 Å². The quantitative estimate of drug-likeness (QED) is 0.607. The number of fused-ring (bicyclic) bond motifs is 8. The molecule has 4 aliphatic carbocycles. The molecule has 0 saturated heterocycles. The maximum atomic E-state index is 9.68. The highest BCUT2D eigenvalue weighted by molar-refractivity contribution is 5.45. The zero-order valence-electron chi connectivity index (χ0n) is 19.2. The van der Waals surface area contributed by atoms with Gasteiger partial charge >= 0.3 is 0 Å². The van der Waals surface area contributed by atoms with Crippen LogP contribution in [0.15, 0.2) is 18.2 Å². The Morgan fingerprint density at radius 1 is 1.06 bits per heavy atom. The Bertz CT molecular complexity index is 781. The van der Waals surface area contributed by atoms with Crippen LogP contribution in [-0.2, 0) is 14.2 Å². The summed E-state index contributed by atoms with van der Waals surface area (Å²) >= 11 is 0. The van der Waals surface area contributed by atoms with Gasteiger partial charge in [-0.1, -0.05) is 13.0 Å². The predicted octanol–water partition coefficient (Wildman–Crippen LogP) is 4.68. The second-order valence-corrected chi connectivity index (χ2v) is 10.5. The highest BCUT2D eigenvalue weighted by Gasteiger charge is 2.62. The summed E-state index contributed by atoms with van der Waals surface area (Å²) in [5.74, 6) is 4.85. The van der Waals surface area contributed by atoms with Gasteiger partial charge in [0.1, 0.15) is 12.5 Å². The number of methoxy groups -OCH3 is 2. The fraction of sp³-hybridized carbons (Fsp3) is 0.769. The first-order chi connectivity index (χ1) is 15.1. The molecule has 4 aliphatic rings. The molecule has 5 rings (SSSR count). The largest absolute Gasteiger partial charge is 0.468 e. The van der Waals surface area contributed by atoms with Crippen molar-refractivity contribution in [2.75, 3.05) is 34.4 Å². The van der Waals surface area contributed by atoms with Crippen LogP contribution in [0.3, 0.4) is 0 Å². The zero-order chi connectivity index (χ0) is 21.6. The Balaban J connectivity index is 1.47. The van der Waals surface area contributed by atoms with Gasteiger partial charge in [0.25, 0.3) is 0 Å². The summed E-state index contributed by atoms with van der Waals surface area (Å²) in [6, 6.07) is 6.74. The van der Waals surface area contributed by atoms with Gasteiger partial charge in [0, 0.05) is 20.8 Å². The summed E-state index contributed by atoms with van der Waals surface area (Å²) in [5.41, 5.74) is 3.28. The van der Waals surface area contributed by atoms with E-state index in [1.54, 1.807) is 19.8 Å². The molecule has 5 nitrogen and oxygen atoms in total. The van der Waals surface area contributed by atoms with Crippen molar-refractivity contribution in [3.05, 3.63) is 29.3 Å². The SMILES string of the molecule is COCOc1ccc2c(c1)[C@@H]1C(CCO)CC1[C@@H]1[C@@H]2CC[C@]2(C)[C@@H](OCOC)CC[C@@H]12. The molecule has 0 heterocycles. The summed E-state index contributed by atoms with van der Waals surface area (Å²) < 4.78 is 22.3. The lowest BCUT2D eigenvalue weighted by atomic mass is 9.43. The van der Waals surface area contributed by atoms with Crippen molar-refractivity contribution in [3.8, 4) is 5.75 Å². The van der Waals surface area contributed by atoms with Crippen LogP contribution in [0.2, 0.25) is 0 Å². The average Bonchev–Trinajstić information content (AvgIpc) is 3.09. The third-order valence-electron chi connectivity index (χ3n) is 9.33. The number of aliphatic hydroxyl groups is 1. The van der Waals surface area contributed by atoms with E-state index < -0.39 is 0 Å². The molecule has 0 amide bonds. The minimum atomic E-state index is 0.255. The number of aliphatic hydroxyl groups excluding tert-OH is 1. The number of hydrogen-bond acceptors (Lipinski definition) is 5. The van der Waals surface area contributed by atoms with Gasteiger partial charge in [0.2, 0.25) is 0 Å². The minimum Gasteiger partial charge on any atom is -0.468 e. The van der Waals surface area contributed by atoms with E-state index in [-0.39, 0.29) is 18.8 Å². The summed E-state index contributed by atoms with van der Waals surface area (Å²) in [4.78, 5) is 0. The molecule has 8 atom stereocenters. The normalized spacial score (nSPS) is 40.3. The molecule has 1 aromatic rings. The first-order valence-corrected chi connectivity index (χ1v) is 12.1. The topological polar surface area (TPSA) is 57.2 Å². The molecule has 3 saturated carbocycles. The molecule has 1 N–H and O–H groups in total. The molecule has 0 aliphatic heterocycles. The summed E-state index contributed by atoms with van der Waals surface area (Å²) in [6.07, 6.45) is 7.37. The summed E-state index contributed by atoms with van der Waals surface area (Å²) in [6.45, 7) is 3.45. The van der Waals surface area contributed by atoms with Crippen molar-refractivity contribution in [2.45, 2.75) is 63.4 Å². The molecule has 1 aromatic carbocycles. The van der Waals surface area contributed by atoms with Gasteiger partial charge in [0.15, 0.2) is 6.79 Å². The van der Waals surface area contributed by atoms with Gasteiger partial charge in [-0.2, -0.15) is 0 Å². The Hall–Kier alpha value is -1.14. The smallest absolute Gasteiger partial charge is 0.188 e. The molecular weight excluding hydrogens is 392 g/mol. The van der Waals surface area contributed by atoms with Crippen LogP contribution in [0.1, 0.15) is 68.4 Å². The van der Waals surface area contributed by atoms with Gasteiger partial charge in [-0.05, 0) is 103 Å². The Morgan fingerprint density at radius 2 is 1.90 bits per heavy atom. The first kappa shape index (κ1) is 21.7. The van der Waals surface area contributed by atoms with Crippen LogP contribution in [0.5, 0.6) is 5.75 Å². The summed E-state index contributed by atoms with van der Waals surface area (Å²) in [5, 5.41) is 9.68. The monoisotopic (exact) mass is 430 g/mol. The first-order valence-electron chi connectivity index (χ1n) is 12.1. The van der Waals surface area contributed by atoms with Crippen molar-refractivity contribution in [1.82, 2.24) is 0 Å². The number of hydrogen-bond donors (Lipinski definition) is 1. The molecular formula is C26H38O5. The van der Waals surface area contributed by atoms with E-state index >= 15 is 0 Å². The van der Waals surface area contributed by atoms with E-state index in [9.17, 15) is 5.11 Å². The Labute approximate surface area is 186 Å². The lowest BCUT2D eigenvalue weighted by Crippen LogP contribution is -2.53. The van der Waals surface area contributed by atoms with Crippen molar-refractivity contribution in [1.29, 1.82) is 0 Å². The third kappa shape index (κ3) is 3.43. The Morgan fingerprint density at radius 3 is 2.68 bits per heavy atom. The van der Waals surface area contributed by atoms with Crippen LogP contribution < -0.4 is 4.74 Å². The molecule has 31 heavy (non-hydrogen) atoms. The molecule has 0 radical (unpaired) electrons. The molecule has 3 fully saturated rings. The lowest BCUT2D eigenvalue weighted by molar-refractivity contribution is -0.136. The fourth-order valence-corrected chi connectivity index (χ4v) is 8.07. The van der Waals surface area contributed by atoms with Gasteiger partial charge < -0.3 is 24.1 Å². The molecule has 0 aromatic heterocycles. The number of benzene rings is 1. The van der Waals surface area contributed by atoms with Gasteiger partial charge in [-0.15, -0.1) is 0 Å². The third-order valence-corrected chi connectivity index (χ3v) is 9.33. The minimum absolute atomic E-state index is 0.255. The number of rotatable bonds is 8. The second kappa shape index (κ2) is 8.66. The van der Waals surface area contributed by atoms with Crippen LogP contribution >= 0.6 is 0 Å². The lowest BCUT2D eigenvalue weighted by Gasteiger charge is -2.61. The van der Waals surface area contributed by atoms with Crippen molar-refractivity contribution in [2.24, 2.45) is 29.1 Å². The van der Waals surface area contributed by atoms with Crippen molar-refractivity contribution in [3.63, 3.8) is 0 Å². The van der Waals surface area contributed by atoms with Crippen LogP contribution in [-0.4, -0.2) is 45.6 Å². The highest BCUT2D eigenvalue weighted by Crippen LogP contribution is 2.69. The summed E-state index contributed by atoms with van der Waals surface area (Å²) in [7, 11) is 3.38. The highest BCUT2D eigenvalue weighted by atomic mass is 16.7. The molecule has 0 spiro atoms. The van der Waals surface area contributed by atoms with Crippen molar-refractivity contribution < 1.29 is 24.1 Å². The maximum absolute atomic E-state index is 9.68. The maximum Gasteiger partial charge on any atom is 0.188 e. The number of ether oxygens (including phenoxy) is 4. The van der Waals surface area contributed by atoms with Crippen LogP contribution in [0.25, 0.3) is 0 Å². The predicted molar refractivity (Wildman–Crippen MR) is 118 cm³/mol. The fourth-order valence-electron chi connectivity index (χ4n) is 8.07. The van der Waals surface area contributed by atoms with E-state index in [1.165, 1.54) is 31.2 Å². The standard InChI is InChI=1S/C26H38O5/c1-26-10-8-19-18-5-4-17(30-14-28-2)13-20(18)24-16(9-11-27)12-21(24)25(19)22(26)6-7-23(26)31-15-29-3/h4-5,13,16,19,21-25,27H,6-12,14-15H2,1-3H3/t16?,19-,21?,22+,23+,24+,25+,26+/m1/s1. The van der Waals surface area contributed by atoms with Gasteiger partial charge in [-0.25, -0.2) is 0 Å². The molecule has 2 unspecified atom stereocenters. The van der Waals surface area contributed by atoms with Crippen LogP contribution in [0.4, 0.5) is 0 Å². The van der Waals surface area contributed by atoms with E-state index in [4.69, 9.17) is 18.9 Å². The van der Waals surface area contributed by atoms with E-state index in [0.29, 0.717) is 36.6 Å². The van der Waals surface area contributed by atoms with Crippen molar-refractivity contribution >= 4 is 0 Å². The molecule has 5 heteroatoms. The molecule has 0 bridgehead atoms. The van der Waals surface area contributed by atoms with Gasteiger partial charge in [-0.3, -0.25) is 0 Å². The van der Waals surface area contributed by atoms with E-state index in [2.05, 4.69) is 25.1 Å².